The van der Waals surface area contributed by atoms with Gasteiger partial charge in [-0.3, -0.25) is 14.9 Å². The Hall–Kier alpha value is -1.91. The van der Waals surface area contributed by atoms with Crippen molar-refractivity contribution in [1.82, 2.24) is 0 Å². The molecule has 20 heavy (non-hydrogen) atoms. The average molecular weight is 274 g/mol. The van der Waals surface area contributed by atoms with Crippen molar-refractivity contribution >= 4 is 17.3 Å². The van der Waals surface area contributed by atoms with Gasteiger partial charge < -0.3 is 5.32 Å². The van der Waals surface area contributed by atoms with E-state index in [1.807, 2.05) is 6.92 Å². The number of nitrogens with one attached hydrogen (secondary N) is 1. The maximum Gasteiger partial charge on any atom is 0.274 e. The molecule has 0 radical (unpaired) electrons. The number of anilines is 1. The molecule has 0 saturated heterocycles. The highest BCUT2D eigenvalue weighted by atomic mass is 16.6. The first-order chi connectivity index (χ1) is 9.58. The second kappa shape index (κ2) is 4.89. The number of nitro groups is 1. The number of aryl methyl sites for hydroxylation is 1. The van der Waals surface area contributed by atoms with E-state index < -0.39 is 0 Å². The highest BCUT2D eigenvalue weighted by Crippen LogP contribution is 2.54. The van der Waals surface area contributed by atoms with E-state index in [2.05, 4.69) is 5.32 Å². The zero-order valence-electron chi connectivity index (χ0n) is 11.5. The molecule has 1 aromatic rings. The van der Waals surface area contributed by atoms with Crippen molar-refractivity contribution in [1.29, 1.82) is 0 Å². The molecule has 2 aliphatic carbocycles. The molecule has 1 aromatic carbocycles. The number of hydrogen-bond acceptors (Lipinski definition) is 3. The molecule has 5 nitrogen and oxygen atoms in total. The maximum absolute atomic E-state index is 12.1. The Balaban J connectivity index is 1.72. The van der Waals surface area contributed by atoms with E-state index >= 15 is 0 Å². The normalized spacial score (nSPS) is 26.9. The minimum Gasteiger partial charge on any atom is -0.326 e. The van der Waals surface area contributed by atoms with Gasteiger partial charge in [-0.15, -0.1) is 0 Å². The topological polar surface area (TPSA) is 72.2 Å². The third-order valence-corrected chi connectivity index (χ3v) is 4.54. The van der Waals surface area contributed by atoms with Crippen LogP contribution in [0.4, 0.5) is 11.4 Å². The number of carbonyl (C=O) groups is 1. The Kier molecular flexibility index (Phi) is 3.20. The number of fused-ring (bicyclic) bond motifs is 1. The smallest absolute Gasteiger partial charge is 0.274 e. The molecule has 0 spiro atoms. The molecule has 0 bridgehead atoms. The maximum atomic E-state index is 12.1. The second-order valence-electron chi connectivity index (χ2n) is 5.87. The van der Waals surface area contributed by atoms with Gasteiger partial charge in [0.1, 0.15) is 0 Å². The molecule has 0 aromatic heterocycles. The number of amides is 1. The number of nitrogens with zero attached hydrogens (tertiary/aromatic N) is 1. The molecule has 0 heterocycles. The SMILES string of the molecule is CCc1ccc(NC(=O)C2CC3CC3C2)cc1[N+](=O)[O-]. The quantitative estimate of drug-likeness (QED) is 0.677. The van der Waals surface area contributed by atoms with Crippen molar-refractivity contribution in [2.45, 2.75) is 32.6 Å². The van der Waals surface area contributed by atoms with Crippen LogP contribution in [0.25, 0.3) is 0 Å². The first-order valence-electron chi connectivity index (χ1n) is 7.16. The summed E-state index contributed by atoms with van der Waals surface area (Å²) in [4.78, 5) is 22.8. The largest absolute Gasteiger partial charge is 0.326 e. The van der Waals surface area contributed by atoms with Crippen molar-refractivity contribution in [3.63, 3.8) is 0 Å². The van der Waals surface area contributed by atoms with Gasteiger partial charge in [0, 0.05) is 23.2 Å². The summed E-state index contributed by atoms with van der Waals surface area (Å²) in [6, 6.07) is 4.94. The van der Waals surface area contributed by atoms with Crippen LogP contribution >= 0.6 is 0 Å². The van der Waals surface area contributed by atoms with E-state index in [1.165, 1.54) is 12.5 Å². The lowest BCUT2D eigenvalue weighted by Gasteiger charge is -2.12. The highest BCUT2D eigenvalue weighted by Gasteiger charge is 2.47. The lowest BCUT2D eigenvalue weighted by molar-refractivity contribution is -0.385. The van der Waals surface area contributed by atoms with E-state index in [0.717, 1.165) is 24.7 Å². The number of nitro benzene ring substituents is 1. The predicted molar refractivity (Wildman–Crippen MR) is 75.4 cm³/mol. The summed E-state index contributed by atoms with van der Waals surface area (Å²) in [5.41, 5.74) is 1.30. The fraction of sp³-hybridized carbons (Fsp3) is 0.533. The summed E-state index contributed by atoms with van der Waals surface area (Å²) >= 11 is 0. The van der Waals surface area contributed by atoms with Crippen molar-refractivity contribution in [3.8, 4) is 0 Å². The molecule has 1 amide bonds. The lowest BCUT2D eigenvalue weighted by atomic mass is 10.0. The zero-order chi connectivity index (χ0) is 14.3. The molecule has 106 valence electrons. The van der Waals surface area contributed by atoms with E-state index in [1.54, 1.807) is 12.1 Å². The van der Waals surface area contributed by atoms with Crippen LogP contribution in [0, 0.1) is 27.9 Å². The third-order valence-electron chi connectivity index (χ3n) is 4.54. The lowest BCUT2D eigenvalue weighted by Crippen LogP contribution is -2.21. The molecule has 5 heteroatoms. The molecule has 2 saturated carbocycles. The van der Waals surface area contributed by atoms with Crippen molar-refractivity contribution in [2.75, 3.05) is 5.32 Å². The van der Waals surface area contributed by atoms with Gasteiger partial charge in [0.05, 0.1) is 4.92 Å². The Morgan fingerprint density at radius 2 is 2.05 bits per heavy atom. The van der Waals surface area contributed by atoms with E-state index in [9.17, 15) is 14.9 Å². The highest BCUT2D eigenvalue weighted by molar-refractivity contribution is 5.93. The van der Waals surface area contributed by atoms with Crippen molar-refractivity contribution in [3.05, 3.63) is 33.9 Å². The molecule has 3 rings (SSSR count). The van der Waals surface area contributed by atoms with Crippen molar-refractivity contribution in [2.24, 2.45) is 17.8 Å². The summed E-state index contributed by atoms with van der Waals surface area (Å²) in [7, 11) is 0. The number of hydrogen-bond donors (Lipinski definition) is 1. The molecule has 0 aliphatic heterocycles. The minimum atomic E-state index is -0.390. The van der Waals surface area contributed by atoms with Crippen LogP contribution in [-0.2, 0) is 11.2 Å². The van der Waals surface area contributed by atoms with Crippen molar-refractivity contribution < 1.29 is 9.72 Å². The van der Waals surface area contributed by atoms with Gasteiger partial charge in [-0.2, -0.15) is 0 Å². The predicted octanol–water partition coefficient (Wildman–Crippen LogP) is 3.14. The Labute approximate surface area is 117 Å². The van der Waals surface area contributed by atoms with Crippen LogP contribution < -0.4 is 5.32 Å². The molecule has 2 atom stereocenters. The molecule has 2 fully saturated rings. The standard InChI is InChI=1S/C15H18N2O3/c1-2-9-3-4-13(8-14(9)17(19)20)16-15(18)12-6-10-5-11(10)7-12/h3-4,8,10-12H,2,5-7H2,1H3,(H,16,18). The van der Waals surface area contributed by atoms with E-state index in [0.29, 0.717) is 17.7 Å². The second-order valence-corrected chi connectivity index (χ2v) is 5.87. The van der Waals surface area contributed by atoms with Gasteiger partial charge in [-0.05, 0) is 43.6 Å². The van der Waals surface area contributed by atoms with E-state index in [-0.39, 0.29) is 22.4 Å². The van der Waals surface area contributed by atoms with Crippen LogP contribution in [0.1, 0.15) is 31.7 Å². The zero-order valence-corrected chi connectivity index (χ0v) is 11.5. The fourth-order valence-electron chi connectivity index (χ4n) is 3.28. The summed E-state index contributed by atoms with van der Waals surface area (Å²) in [5, 5.41) is 13.8. The van der Waals surface area contributed by atoms with E-state index in [4.69, 9.17) is 0 Å². The number of benzene rings is 1. The number of rotatable bonds is 4. The third kappa shape index (κ3) is 2.40. The molecular formula is C15H18N2O3. The Morgan fingerprint density at radius 1 is 1.35 bits per heavy atom. The van der Waals surface area contributed by atoms with Gasteiger partial charge in [-0.1, -0.05) is 13.0 Å². The minimum absolute atomic E-state index is 0.00995. The molecule has 1 N–H and O–H groups in total. The summed E-state index contributed by atoms with van der Waals surface area (Å²) in [6.45, 7) is 1.88. The molecule has 2 aliphatic rings. The monoisotopic (exact) mass is 274 g/mol. The average Bonchev–Trinajstić information content (AvgIpc) is 3.05. The van der Waals surface area contributed by atoms with Gasteiger partial charge in [0.25, 0.3) is 5.69 Å². The summed E-state index contributed by atoms with van der Waals surface area (Å²) in [6.07, 6.45) is 3.84. The van der Waals surface area contributed by atoms with Gasteiger partial charge >= 0.3 is 0 Å². The molecule has 2 unspecified atom stereocenters. The Bertz CT molecular complexity index is 560. The van der Waals surface area contributed by atoms with Crippen LogP contribution in [0.3, 0.4) is 0 Å². The summed E-state index contributed by atoms with van der Waals surface area (Å²) in [5.74, 6) is 1.60. The Morgan fingerprint density at radius 3 is 2.65 bits per heavy atom. The first-order valence-corrected chi connectivity index (χ1v) is 7.16. The van der Waals surface area contributed by atoms with Crippen LogP contribution in [0.15, 0.2) is 18.2 Å². The number of carbonyl (C=O) groups excluding carboxylic acids is 1. The first kappa shape index (κ1) is 13.1. The van der Waals surface area contributed by atoms with Crippen LogP contribution in [0.2, 0.25) is 0 Å². The summed E-state index contributed by atoms with van der Waals surface area (Å²) < 4.78 is 0. The fourth-order valence-corrected chi connectivity index (χ4v) is 3.28. The van der Waals surface area contributed by atoms with Gasteiger partial charge in [0.2, 0.25) is 5.91 Å². The van der Waals surface area contributed by atoms with Gasteiger partial charge in [-0.25, -0.2) is 0 Å². The van der Waals surface area contributed by atoms with Crippen LogP contribution in [0.5, 0.6) is 0 Å². The molecular weight excluding hydrogens is 256 g/mol. The van der Waals surface area contributed by atoms with Crippen LogP contribution in [-0.4, -0.2) is 10.8 Å². The van der Waals surface area contributed by atoms with Gasteiger partial charge in [0.15, 0.2) is 0 Å².